The largest absolute Gasteiger partial charge is 0.493 e. The number of methoxy groups -OCH3 is 1. The lowest BCUT2D eigenvalue weighted by atomic mass is 10.2. The molecule has 7 heteroatoms. The number of benzene rings is 2. The van der Waals surface area contributed by atoms with Crippen LogP contribution in [0.25, 0.3) is 0 Å². The van der Waals surface area contributed by atoms with Crippen LogP contribution in [-0.2, 0) is 11.3 Å². The molecule has 0 radical (unpaired) electrons. The Morgan fingerprint density at radius 1 is 1.15 bits per heavy atom. The molecule has 142 valence electrons. The molecule has 0 bridgehead atoms. The van der Waals surface area contributed by atoms with E-state index in [1.807, 2.05) is 12.1 Å². The van der Waals surface area contributed by atoms with Gasteiger partial charge in [0.2, 0.25) is 0 Å². The van der Waals surface area contributed by atoms with Crippen molar-refractivity contribution in [3.8, 4) is 11.5 Å². The molecule has 2 rings (SSSR count). The molecule has 0 heterocycles. The monoisotopic (exact) mass is 398 g/mol. The number of anilines is 1. The second-order valence-corrected chi connectivity index (χ2v) is 6.24. The average Bonchev–Trinajstić information content (AvgIpc) is 2.60. The minimum absolute atomic E-state index is 0. The quantitative estimate of drug-likeness (QED) is 0.696. The molecule has 26 heavy (non-hydrogen) atoms. The normalized spacial score (nSPS) is 10.2. The first-order valence-corrected chi connectivity index (χ1v) is 8.45. The molecule has 0 atom stereocenters. The molecule has 0 aromatic heterocycles. The highest BCUT2D eigenvalue weighted by Gasteiger charge is 2.10. The fourth-order valence-electron chi connectivity index (χ4n) is 2.16. The van der Waals surface area contributed by atoms with Gasteiger partial charge < -0.3 is 20.1 Å². The Labute approximate surface area is 165 Å². The van der Waals surface area contributed by atoms with Crippen molar-refractivity contribution in [1.82, 2.24) is 5.32 Å². The van der Waals surface area contributed by atoms with Gasteiger partial charge in [-0.3, -0.25) is 4.79 Å². The first-order chi connectivity index (χ1) is 12.0. The van der Waals surface area contributed by atoms with E-state index in [4.69, 9.17) is 21.1 Å². The molecule has 2 aromatic carbocycles. The minimum Gasteiger partial charge on any atom is -0.493 e. The maximum atomic E-state index is 12.0. The summed E-state index contributed by atoms with van der Waals surface area (Å²) in [6, 6.07) is 13.1. The van der Waals surface area contributed by atoms with Gasteiger partial charge >= 0.3 is 0 Å². The molecular weight excluding hydrogens is 375 g/mol. The molecule has 2 N–H and O–H groups in total. The fourth-order valence-corrected chi connectivity index (χ4v) is 2.34. The molecule has 0 fully saturated rings. The van der Waals surface area contributed by atoms with Crippen LogP contribution in [0.2, 0.25) is 5.02 Å². The number of carbonyl (C=O) groups is 1. The molecule has 0 spiro atoms. The number of rotatable bonds is 8. The lowest BCUT2D eigenvalue weighted by Gasteiger charge is -2.14. The van der Waals surface area contributed by atoms with Crippen molar-refractivity contribution < 1.29 is 14.3 Å². The molecule has 1 amide bonds. The SMILES string of the molecule is COc1cc(CNC(C)C)ccc1OCC(=O)Nc1ccccc1Cl.Cl. The van der Waals surface area contributed by atoms with E-state index in [1.165, 1.54) is 0 Å². The van der Waals surface area contributed by atoms with Crippen LogP contribution in [0, 0.1) is 0 Å². The van der Waals surface area contributed by atoms with Gasteiger partial charge in [0.05, 0.1) is 17.8 Å². The van der Waals surface area contributed by atoms with E-state index in [-0.39, 0.29) is 24.9 Å². The highest BCUT2D eigenvalue weighted by atomic mass is 35.5. The summed E-state index contributed by atoms with van der Waals surface area (Å²) < 4.78 is 10.9. The summed E-state index contributed by atoms with van der Waals surface area (Å²) in [6.45, 7) is 4.78. The van der Waals surface area contributed by atoms with Crippen LogP contribution in [-0.4, -0.2) is 25.7 Å². The van der Waals surface area contributed by atoms with Crippen LogP contribution >= 0.6 is 24.0 Å². The average molecular weight is 399 g/mol. The number of para-hydroxylation sites is 1. The van der Waals surface area contributed by atoms with Gasteiger partial charge in [-0.05, 0) is 29.8 Å². The lowest BCUT2D eigenvalue weighted by Crippen LogP contribution is -2.22. The number of amides is 1. The van der Waals surface area contributed by atoms with Gasteiger partial charge in [0.1, 0.15) is 0 Å². The van der Waals surface area contributed by atoms with Crippen molar-refractivity contribution in [2.75, 3.05) is 19.0 Å². The number of halogens is 2. The topological polar surface area (TPSA) is 59.6 Å². The zero-order chi connectivity index (χ0) is 18.2. The van der Waals surface area contributed by atoms with Crippen molar-refractivity contribution in [3.05, 3.63) is 53.1 Å². The van der Waals surface area contributed by atoms with Crippen LogP contribution in [0.3, 0.4) is 0 Å². The molecule has 2 aromatic rings. The van der Waals surface area contributed by atoms with Crippen molar-refractivity contribution >= 4 is 35.6 Å². The van der Waals surface area contributed by atoms with Crippen molar-refractivity contribution in [1.29, 1.82) is 0 Å². The highest BCUT2D eigenvalue weighted by Crippen LogP contribution is 2.28. The van der Waals surface area contributed by atoms with Gasteiger partial charge in [-0.15, -0.1) is 12.4 Å². The Morgan fingerprint density at radius 3 is 2.54 bits per heavy atom. The van der Waals surface area contributed by atoms with Gasteiger partial charge in [0.15, 0.2) is 18.1 Å². The van der Waals surface area contributed by atoms with E-state index in [9.17, 15) is 4.79 Å². The van der Waals surface area contributed by atoms with E-state index < -0.39 is 0 Å². The van der Waals surface area contributed by atoms with E-state index >= 15 is 0 Å². The molecule has 0 aliphatic rings. The van der Waals surface area contributed by atoms with Crippen molar-refractivity contribution in [2.24, 2.45) is 0 Å². The standard InChI is InChI=1S/C19H23ClN2O3.ClH/c1-13(2)21-11-14-8-9-17(18(10-14)24-3)25-12-19(23)22-16-7-5-4-6-15(16)20;/h4-10,13,21H,11-12H2,1-3H3,(H,22,23);1H. The number of hydrogen-bond acceptors (Lipinski definition) is 4. The first-order valence-electron chi connectivity index (χ1n) is 8.07. The molecule has 5 nitrogen and oxygen atoms in total. The third-order valence-corrected chi connectivity index (χ3v) is 3.78. The first kappa shape index (κ1) is 22.1. The number of ether oxygens (including phenoxy) is 2. The predicted octanol–water partition coefficient (Wildman–Crippen LogP) is 4.29. The Morgan fingerprint density at radius 2 is 1.88 bits per heavy atom. The van der Waals surface area contributed by atoms with Crippen molar-refractivity contribution in [3.63, 3.8) is 0 Å². The van der Waals surface area contributed by atoms with Gasteiger partial charge in [0.25, 0.3) is 5.91 Å². The number of nitrogens with one attached hydrogen (secondary N) is 2. The zero-order valence-corrected chi connectivity index (χ0v) is 16.6. The smallest absolute Gasteiger partial charge is 0.262 e. The van der Waals surface area contributed by atoms with Crippen LogP contribution < -0.4 is 20.1 Å². The van der Waals surface area contributed by atoms with E-state index in [0.29, 0.717) is 28.3 Å². The van der Waals surface area contributed by atoms with Gasteiger partial charge in [0, 0.05) is 12.6 Å². The maximum absolute atomic E-state index is 12.0. The van der Waals surface area contributed by atoms with E-state index in [0.717, 1.165) is 12.1 Å². The van der Waals surface area contributed by atoms with Crippen LogP contribution in [0.4, 0.5) is 5.69 Å². The summed E-state index contributed by atoms with van der Waals surface area (Å²) in [5.41, 5.74) is 1.64. The molecule has 0 saturated heterocycles. The Balaban J connectivity index is 0.00000338. The Bertz CT molecular complexity index is 724. The minimum atomic E-state index is -0.291. The Kier molecular flexibility index (Phi) is 9.27. The third-order valence-electron chi connectivity index (χ3n) is 3.45. The maximum Gasteiger partial charge on any atom is 0.262 e. The summed E-state index contributed by atoms with van der Waals surface area (Å²) in [4.78, 5) is 12.0. The zero-order valence-electron chi connectivity index (χ0n) is 15.0. The second-order valence-electron chi connectivity index (χ2n) is 5.84. The summed E-state index contributed by atoms with van der Waals surface area (Å²) in [5, 5.41) is 6.54. The van der Waals surface area contributed by atoms with Crippen LogP contribution in [0.15, 0.2) is 42.5 Å². The van der Waals surface area contributed by atoms with Gasteiger partial charge in [-0.2, -0.15) is 0 Å². The Hall–Kier alpha value is -1.95. The molecule has 0 aliphatic carbocycles. The van der Waals surface area contributed by atoms with E-state index in [1.54, 1.807) is 37.4 Å². The van der Waals surface area contributed by atoms with Gasteiger partial charge in [-0.25, -0.2) is 0 Å². The summed E-state index contributed by atoms with van der Waals surface area (Å²) in [7, 11) is 1.58. The molecule has 0 unspecified atom stereocenters. The molecule has 0 saturated carbocycles. The summed E-state index contributed by atoms with van der Waals surface area (Å²) in [6.07, 6.45) is 0. The van der Waals surface area contributed by atoms with Gasteiger partial charge in [-0.1, -0.05) is 43.6 Å². The molecular formula is C19H24Cl2N2O3. The lowest BCUT2D eigenvalue weighted by molar-refractivity contribution is -0.118. The summed E-state index contributed by atoms with van der Waals surface area (Å²) in [5.74, 6) is 0.819. The highest BCUT2D eigenvalue weighted by molar-refractivity contribution is 6.33. The van der Waals surface area contributed by atoms with Crippen LogP contribution in [0.5, 0.6) is 11.5 Å². The second kappa shape index (κ2) is 10.9. The number of hydrogen-bond donors (Lipinski definition) is 2. The van der Waals surface area contributed by atoms with Crippen LogP contribution in [0.1, 0.15) is 19.4 Å². The summed E-state index contributed by atoms with van der Waals surface area (Å²) >= 11 is 6.02. The number of carbonyl (C=O) groups excluding carboxylic acids is 1. The fraction of sp³-hybridized carbons (Fsp3) is 0.316. The predicted molar refractivity (Wildman–Crippen MR) is 108 cm³/mol. The third kappa shape index (κ3) is 6.75. The van der Waals surface area contributed by atoms with Crippen molar-refractivity contribution in [2.45, 2.75) is 26.4 Å². The van der Waals surface area contributed by atoms with E-state index in [2.05, 4.69) is 24.5 Å². The molecule has 0 aliphatic heterocycles.